The van der Waals surface area contributed by atoms with Crippen molar-refractivity contribution in [2.75, 3.05) is 13.1 Å². The first-order valence-electron chi connectivity index (χ1n) is 6.79. The number of halogens is 2. The van der Waals surface area contributed by atoms with E-state index in [2.05, 4.69) is 10.3 Å². The molecule has 118 valence electrons. The Labute approximate surface area is 126 Å². The van der Waals surface area contributed by atoms with E-state index >= 15 is 0 Å². The maximum absolute atomic E-state index is 13.7. The van der Waals surface area contributed by atoms with Crippen molar-refractivity contribution in [2.45, 2.75) is 23.8 Å². The van der Waals surface area contributed by atoms with Gasteiger partial charge in [0.05, 0.1) is 12.2 Å². The smallest absolute Gasteiger partial charge is 0.246 e. The van der Waals surface area contributed by atoms with Crippen LogP contribution in [0, 0.1) is 11.6 Å². The lowest BCUT2D eigenvalue weighted by atomic mass is 10.1. The zero-order valence-electron chi connectivity index (χ0n) is 11.6. The van der Waals surface area contributed by atoms with Gasteiger partial charge in [-0.1, -0.05) is 5.21 Å². The third kappa shape index (κ3) is 2.73. The highest BCUT2D eigenvalue weighted by atomic mass is 32.2. The first-order chi connectivity index (χ1) is 10.5. The van der Waals surface area contributed by atoms with Crippen molar-refractivity contribution in [2.24, 2.45) is 0 Å². The summed E-state index contributed by atoms with van der Waals surface area (Å²) in [6.07, 6.45) is 4.37. The Kier molecular flexibility index (Phi) is 3.92. The number of hydrogen-bond acceptors (Lipinski definition) is 4. The lowest BCUT2D eigenvalue weighted by Crippen LogP contribution is -2.39. The Morgan fingerprint density at radius 3 is 2.55 bits per heavy atom. The van der Waals surface area contributed by atoms with Crippen LogP contribution >= 0.6 is 0 Å². The van der Waals surface area contributed by atoms with Crippen molar-refractivity contribution in [3.05, 3.63) is 42.2 Å². The highest BCUT2D eigenvalue weighted by Gasteiger charge is 2.32. The molecular formula is C13H14F2N4O2S. The Hall–Kier alpha value is -1.87. The van der Waals surface area contributed by atoms with Crippen LogP contribution in [0.2, 0.25) is 0 Å². The molecule has 1 fully saturated rings. The Morgan fingerprint density at radius 2 is 1.91 bits per heavy atom. The molecule has 0 spiro atoms. The van der Waals surface area contributed by atoms with Gasteiger partial charge in [0.25, 0.3) is 0 Å². The van der Waals surface area contributed by atoms with Crippen LogP contribution in [0.3, 0.4) is 0 Å². The lowest BCUT2D eigenvalue weighted by Gasteiger charge is -2.31. The summed E-state index contributed by atoms with van der Waals surface area (Å²) >= 11 is 0. The van der Waals surface area contributed by atoms with Gasteiger partial charge in [-0.15, -0.1) is 5.10 Å². The molecule has 1 saturated heterocycles. The molecule has 0 atom stereocenters. The van der Waals surface area contributed by atoms with Crippen LogP contribution in [0.25, 0.3) is 0 Å². The predicted octanol–water partition coefficient (Wildman–Crippen LogP) is 1.58. The minimum atomic E-state index is -4.03. The second-order valence-corrected chi connectivity index (χ2v) is 7.00. The zero-order chi connectivity index (χ0) is 15.7. The monoisotopic (exact) mass is 328 g/mol. The largest absolute Gasteiger partial charge is 0.249 e. The molecule has 1 aliphatic rings. The first kappa shape index (κ1) is 15.0. The lowest BCUT2D eigenvalue weighted by molar-refractivity contribution is 0.258. The third-order valence-electron chi connectivity index (χ3n) is 3.75. The number of sulfonamides is 1. The van der Waals surface area contributed by atoms with Crippen molar-refractivity contribution < 1.29 is 17.2 Å². The molecule has 1 aromatic carbocycles. The molecule has 9 heteroatoms. The van der Waals surface area contributed by atoms with Crippen LogP contribution in [0.15, 0.2) is 35.5 Å². The van der Waals surface area contributed by atoms with Gasteiger partial charge in [-0.3, -0.25) is 0 Å². The molecule has 2 aromatic rings. The first-order valence-corrected chi connectivity index (χ1v) is 8.23. The van der Waals surface area contributed by atoms with Gasteiger partial charge in [0, 0.05) is 19.3 Å². The molecule has 6 nitrogen and oxygen atoms in total. The van der Waals surface area contributed by atoms with E-state index in [0.717, 1.165) is 12.1 Å². The zero-order valence-corrected chi connectivity index (χ0v) is 12.4. The summed E-state index contributed by atoms with van der Waals surface area (Å²) in [7, 11) is -4.03. The molecule has 22 heavy (non-hydrogen) atoms. The SMILES string of the molecule is O=S(=O)(c1cc(F)ccc1F)N1CCC(n2ccnn2)CC1. The number of piperidine rings is 1. The number of benzene rings is 1. The van der Waals surface area contributed by atoms with E-state index in [1.54, 1.807) is 17.1 Å². The summed E-state index contributed by atoms with van der Waals surface area (Å²) in [6, 6.07) is 2.50. The summed E-state index contributed by atoms with van der Waals surface area (Å²) in [5.41, 5.74) is 0. The average Bonchev–Trinajstić information content (AvgIpc) is 3.04. The van der Waals surface area contributed by atoms with Gasteiger partial charge in [-0.05, 0) is 31.0 Å². The Bertz CT molecular complexity index is 756. The number of hydrogen-bond donors (Lipinski definition) is 0. The average molecular weight is 328 g/mol. The van der Waals surface area contributed by atoms with Gasteiger partial charge in [-0.2, -0.15) is 4.31 Å². The van der Waals surface area contributed by atoms with E-state index < -0.39 is 26.6 Å². The quantitative estimate of drug-likeness (QED) is 0.858. The molecule has 1 aromatic heterocycles. The fourth-order valence-electron chi connectivity index (χ4n) is 2.57. The highest BCUT2D eigenvalue weighted by molar-refractivity contribution is 7.89. The fraction of sp³-hybridized carbons (Fsp3) is 0.385. The molecule has 1 aliphatic heterocycles. The van der Waals surface area contributed by atoms with E-state index in [1.165, 1.54) is 4.31 Å². The van der Waals surface area contributed by atoms with Crippen LogP contribution in [0.5, 0.6) is 0 Å². The summed E-state index contributed by atoms with van der Waals surface area (Å²) in [5.74, 6) is -1.72. The van der Waals surface area contributed by atoms with Gasteiger partial charge < -0.3 is 0 Å². The van der Waals surface area contributed by atoms with Gasteiger partial charge in [-0.25, -0.2) is 21.9 Å². The maximum atomic E-state index is 13.7. The van der Waals surface area contributed by atoms with Gasteiger partial charge >= 0.3 is 0 Å². The van der Waals surface area contributed by atoms with Crippen LogP contribution in [0.1, 0.15) is 18.9 Å². The van der Waals surface area contributed by atoms with E-state index in [4.69, 9.17) is 0 Å². The van der Waals surface area contributed by atoms with Crippen LogP contribution in [-0.4, -0.2) is 40.8 Å². The molecular weight excluding hydrogens is 314 g/mol. The molecule has 0 aliphatic carbocycles. The standard InChI is InChI=1S/C13H14F2N4O2S/c14-10-1-2-12(15)13(9-10)22(20,21)18-6-3-11(4-7-18)19-8-5-16-17-19/h1-2,5,8-9,11H,3-4,6-7H2. The van der Waals surface area contributed by atoms with Crippen molar-refractivity contribution >= 4 is 10.0 Å². The highest BCUT2D eigenvalue weighted by Crippen LogP contribution is 2.27. The minimum absolute atomic E-state index is 0.0614. The van der Waals surface area contributed by atoms with Gasteiger partial charge in [0.1, 0.15) is 16.5 Å². The van der Waals surface area contributed by atoms with E-state index in [9.17, 15) is 17.2 Å². The molecule has 0 bridgehead atoms. The summed E-state index contributed by atoms with van der Waals surface area (Å²) in [5, 5.41) is 7.62. The summed E-state index contributed by atoms with van der Waals surface area (Å²) in [4.78, 5) is -0.619. The number of aromatic nitrogens is 3. The second-order valence-electron chi connectivity index (χ2n) is 5.09. The van der Waals surface area contributed by atoms with Crippen LogP contribution in [0.4, 0.5) is 8.78 Å². The summed E-state index contributed by atoms with van der Waals surface area (Å²) < 4.78 is 54.7. The molecule has 0 N–H and O–H groups in total. The van der Waals surface area contributed by atoms with Crippen LogP contribution in [-0.2, 0) is 10.0 Å². The maximum Gasteiger partial charge on any atom is 0.246 e. The molecule has 0 amide bonds. The fourth-order valence-corrected chi connectivity index (χ4v) is 4.12. The van der Waals surface area contributed by atoms with Gasteiger partial charge in [0.2, 0.25) is 10.0 Å². The topological polar surface area (TPSA) is 68.1 Å². The van der Waals surface area contributed by atoms with Crippen LogP contribution < -0.4 is 0 Å². The van der Waals surface area contributed by atoms with Gasteiger partial charge in [0.15, 0.2) is 0 Å². The predicted molar refractivity (Wildman–Crippen MR) is 73.4 cm³/mol. The van der Waals surface area contributed by atoms with Crippen molar-refractivity contribution in [1.29, 1.82) is 0 Å². The van der Waals surface area contributed by atoms with Crippen molar-refractivity contribution in [3.63, 3.8) is 0 Å². The number of nitrogens with zero attached hydrogens (tertiary/aromatic N) is 4. The number of rotatable bonds is 3. The Balaban J connectivity index is 1.79. The Morgan fingerprint density at radius 1 is 1.18 bits per heavy atom. The van der Waals surface area contributed by atoms with Crippen molar-refractivity contribution in [3.8, 4) is 0 Å². The normalized spacial score (nSPS) is 17.7. The van der Waals surface area contributed by atoms with E-state index in [-0.39, 0.29) is 19.1 Å². The molecule has 0 radical (unpaired) electrons. The molecule has 0 saturated carbocycles. The van der Waals surface area contributed by atoms with E-state index in [1.807, 2.05) is 0 Å². The molecule has 2 heterocycles. The van der Waals surface area contributed by atoms with Crippen molar-refractivity contribution in [1.82, 2.24) is 19.3 Å². The molecule has 0 unspecified atom stereocenters. The van der Waals surface area contributed by atoms with E-state index in [0.29, 0.717) is 18.9 Å². The summed E-state index contributed by atoms with van der Waals surface area (Å²) in [6.45, 7) is 0.450. The molecule has 3 rings (SSSR count). The third-order valence-corrected chi connectivity index (χ3v) is 5.66. The minimum Gasteiger partial charge on any atom is -0.249 e. The second kappa shape index (κ2) is 5.73.